The molecule has 4 rings (SSSR count). The number of rotatable bonds is 7. The molecule has 0 aliphatic carbocycles. The van der Waals surface area contributed by atoms with Gasteiger partial charge in [-0.1, -0.05) is 30.0 Å². The van der Waals surface area contributed by atoms with Gasteiger partial charge in [0.2, 0.25) is 15.9 Å². The van der Waals surface area contributed by atoms with E-state index in [1.54, 1.807) is 18.2 Å². The van der Waals surface area contributed by atoms with Crippen LogP contribution in [0.1, 0.15) is 6.92 Å². The van der Waals surface area contributed by atoms with Crippen LogP contribution in [0.15, 0.2) is 58.6 Å². The number of morpholine rings is 1. The zero-order valence-electron chi connectivity index (χ0n) is 17.2. The van der Waals surface area contributed by atoms with Crippen LogP contribution < -0.4 is 5.32 Å². The first kappa shape index (κ1) is 21.8. The summed E-state index contributed by atoms with van der Waals surface area (Å²) < 4.78 is 34.4. The van der Waals surface area contributed by atoms with E-state index in [2.05, 4.69) is 14.9 Å². The van der Waals surface area contributed by atoms with E-state index in [1.807, 2.05) is 31.2 Å². The molecule has 0 saturated carbocycles. The number of carbonyl (C=O) groups excluding carboxylic acids is 1. The fourth-order valence-corrected chi connectivity index (χ4v) is 5.80. The highest BCUT2D eigenvalue weighted by Crippen LogP contribution is 2.25. The van der Waals surface area contributed by atoms with Crippen molar-refractivity contribution in [1.82, 2.24) is 13.9 Å². The second-order valence-corrected chi connectivity index (χ2v) is 9.89. The maximum absolute atomic E-state index is 12.8. The smallest absolute Gasteiger partial charge is 0.243 e. The number of carbonyl (C=O) groups is 1. The fraction of sp³-hybridized carbons (Fsp3) is 0.333. The number of ether oxygens (including phenoxy) is 1. The molecule has 0 atom stereocenters. The fourth-order valence-electron chi connectivity index (χ4n) is 3.47. The summed E-state index contributed by atoms with van der Waals surface area (Å²) >= 11 is 1.36. The van der Waals surface area contributed by atoms with Crippen molar-refractivity contribution >= 4 is 44.4 Å². The van der Waals surface area contributed by atoms with E-state index in [4.69, 9.17) is 4.74 Å². The Bertz CT molecular complexity index is 1190. The number of nitrogens with one attached hydrogen (secondary N) is 1. The van der Waals surface area contributed by atoms with Gasteiger partial charge in [0.25, 0.3) is 0 Å². The Morgan fingerprint density at radius 3 is 2.71 bits per heavy atom. The van der Waals surface area contributed by atoms with Gasteiger partial charge in [0.05, 0.1) is 34.9 Å². The lowest BCUT2D eigenvalue weighted by Crippen LogP contribution is -2.40. The standard InChI is InChI=1S/C21H24N4O4S2/c1-2-25-19-9-4-3-8-18(19)23-21(25)30-15-20(26)22-16-6-5-7-17(14-16)31(27,28)24-10-12-29-13-11-24/h3-9,14H,2,10-13,15H2,1H3,(H,22,26). The first-order valence-corrected chi connectivity index (χ1v) is 12.5. The Balaban J connectivity index is 1.43. The molecule has 0 spiro atoms. The van der Waals surface area contributed by atoms with Crippen LogP contribution in [0.3, 0.4) is 0 Å². The summed E-state index contributed by atoms with van der Waals surface area (Å²) in [6, 6.07) is 14.2. The predicted molar refractivity (Wildman–Crippen MR) is 121 cm³/mol. The minimum atomic E-state index is -3.62. The van der Waals surface area contributed by atoms with Crippen LogP contribution in [-0.4, -0.2) is 60.2 Å². The molecule has 8 nitrogen and oxygen atoms in total. The number of hydrogen-bond donors (Lipinski definition) is 1. The van der Waals surface area contributed by atoms with Crippen LogP contribution in [-0.2, 0) is 26.1 Å². The lowest BCUT2D eigenvalue weighted by atomic mass is 10.3. The van der Waals surface area contributed by atoms with Gasteiger partial charge in [-0.05, 0) is 37.3 Å². The van der Waals surface area contributed by atoms with Crippen LogP contribution in [0.5, 0.6) is 0 Å². The Morgan fingerprint density at radius 1 is 1.16 bits per heavy atom. The van der Waals surface area contributed by atoms with Gasteiger partial charge < -0.3 is 14.6 Å². The Hall–Kier alpha value is -2.40. The van der Waals surface area contributed by atoms with Crippen LogP contribution in [0.4, 0.5) is 5.69 Å². The molecule has 1 amide bonds. The molecule has 3 aromatic rings. The molecule has 1 N–H and O–H groups in total. The van der Waals surface area contributed by atoms with Crippen LogP contribution in [0.25, 0.3) is 11.0 Å². The number of aryl methyl sites for hydroxylation is 1. The van der Waals surface area contributed by atoms with Gasteiger partial charge in [0.15, 0.2) is 5.16 Å². The zero-order valence-corrected chi connectivity index (χ0v) is 18.8. The van der Waals surface area contributed by atoms with Crippen molar-refractivity contribution in [3.05, 3.63) is 48.5 Å². The summed E-state index contributed by atoms with van der Waals surface area (Å²) in [5, 5.41) is 3.57. The third-order valence-corrected chi connectivity index (χ3v) is 7.86. The van der Waals surface area contributed by atoms with Gasteiger partial charge >= 0.3 is 0 Å². The number of benzene rings is 2. The monoisotopic (exact) mass is 460 g/mol. The second-order valence-electron chi connectivity index (χ2n) is 7.01. The number of nitrogens with zero attached hydrogens (tertiary/aromatic N) is 3. The van der Waals surface area contributed by atoms with Gasteiger partial charge in [-0.25, -0.2) is 13.4 Å². The molecule has 0 bridgehead atoms. The number of imidazole rings is 1. The van der Waals surface area contributed by atoms with E-state index in [0.29, 0.717) is 32.0 Å². The SMILES string of the molecule is CCn1c(SCC(=O)Nc2cccc(S(=O)(=O)N3CCOCC3)c2)nc2ccccc21. The first-order valence-electron chi connectivity index (χ1n) is 10.0. The largest absolute Gasteiger partial charge is 0.379 e. The van der Waals surface area contributed by atoms with Crippen LogP contribution in [0.2, 0.25) is 0 Å². The summed E-state index contributed by atoms with van der Waals surface area (Å²) in [4.78, 5) is 17.3. The number of anilines is 1. The van der Waals surface area contributed by atoms with Gasteiger partial charge in [-0.2, -0.15) is 4.31 Å². The minimum Gasteiger partial charge on any atom is -0.379 e. The molecule has 1 saturated heterocycles. The molecule has 1 aliphatic heterocycles. The van der Waals surface area contributed by atoms with E-state index in [0.717, 1.165) is 22.7 Å². The summed E-state index contributed by atoms with van der Waals surface area (Å²) in [6.07, 6.45) is 0. The molecule has 1 aromatic heterocycles. The molecule has 164 valence electrons. The Morgan fingerprint density at radius 2 is 1.94 bits per heavy atom. The summed E-state index contributed by atoms with van der Waals surface area (Å²) in [5.74, 6) is -0.0512. The molecule has 0 radical (unpaired) electrons. The highest BCUT2D eigenvalue weighted by Gasteiger charge is 2.26. The quantitative estimate of drug-likeness (QED) is 0.545. The normalized spacial score (nSPS) is 15.3. The third kappa shape index (κ3) is 4.77. The number of aromatic nitrogens is 2. The lowest BCUT2D eigenvalue weighted by molar-refractivity contribution is -0.113. The molecule has 1 fully saturated rings. The molecule has 10 heteroatoms. The van der Waals surface area contributed by atoms with Crippen molar-refractivity contribution in [2.24, 2.45) is 0 Å². The minimum absolute atomic E-state index is 0.160. The highest BCUT2D eigenvalue weighted by molar-refractivity contribution is 7.99. The van der Waals surface area contributed by atoms with E-state index in [-0.39, 0.29) is 16.6 Å². The van der Waals surface area contributed by atoms with Crippen LogP contribution >= 0.6 is 11.8 Å². The van der Waals surface area contributed by atoms with Crippen molar-refractivity contribution < 1.29 is 17.9 Å². The Labute approximate surface area is 185 Å². The summed E-state index contributed by atoms with van der Waals surface area (Å²) in [5.41, 5.74) is 2.38. The first-order chi connectivity index (χ1) is 15.0. The third-order valence-electron chi connectivity index (χ3n) is 4.99. The lowest BCUT2D eigenvalue weighted by Gasteiger charge is -2.26. The van der Waals surface area contributed by atoms with Gasteiger partial charge in [0.1, 0.15) is 0 Å². The number of amides is 1. The summed E-state index contributed by atoms with van der Waals surface area (Å²) in [6.45, 7) is 4.22. The molecule has 1 aliphatic rings. The molecule has 0 unspecified atom stereocenters. The van der Waals surface area contributed by atoms with E-state index < -0.39 is 10.0 Å². The average molecular weight is 461 g/mol. The average Bonchev–Trinajstić information content (AvgIpc) is 3.16. The van der Waals surface area contributed by atoms with Gasteiger partial charge in [-0.15, -0.1) is 0 Å². The number of para-hydroxylation sites is 2. The topological polar surface area (TPSA) is 93.5 Å². The van der Waals surface area contributed by atoms with Crippen molar-refractivity contribution in [1.29, 1.82) is 0 Å². The highest BCUT2D eigenvalue weighted by atomic mass is 32.2. The number of thioether (sulfide) groups is 1. The van der Waals surface area contributed by atoms with E-state index in [1.165, 1.54) is 22.1 Å². The molecule has 2 heterocycles. The molecule has 31 heavy (non-hydrogen) atoms. The zero-order chi connectivity index (χ0) is 21.8. The van der Waals surface area contributed by atoms with Gasteiger partial charge in [0, 0.05) is 25.3 Å². The van der Waals surface area contributed by atoms with Crippen molar-refractivity contribution in [3.8, 4) is 0 Å². The molecular formula is C21H24N4O4S2. The predicted octanol–water partition coefficient (Wildman–Crippen LogP) is 2.81. The Kier molecular flexibility index (Phi) is 6.61. The van der Waals surface area contributed by atoms with Crippen LogP contribution in [0, 0.1) is 0 Å². The summed E-state index contributed by atoms with van der Waals surface area (Å²) in [7, 11) is -3.62. The number of hydrogen-bond acceptors (Lipinski definition) is 6. The number of sulfonamides is 1. The second kappa shape index (κ2) is 9.39. The van der Waals surface area contributed by atoms with Gasteiger partial charge in [-0.3, -0.25) is 4.79 Å². The molecule has 2 aromatic carbocycles. The molecular weight excluding hydrogens is 436 g/mol. The van der Waals surface area contributed by atoms with Crippen molar-refractivity contribution in [2.75, 3.05) is 37.4 Å². The maximum Gasteiger partial charge on any atom is 0.243 e. The van der Waals surface area contributed by atoms with Crippen molar-refractivity contribution in [3.63, 3.8) is 0 Å². The van der Waals surface area contributed by atoms with E-state index in [9.17, 15) is 13.2 Å². The van der Waals surface area contributed by atoms with Crippen molar-refractivity contribution in [2.45, 2.75) is 23.5 Å². The maximum atomic E-state index is 12.8. The van der Waals surface area contributed by atoms with E-state index >= 15 is 0 Å². The number of fused-ring (bicyclic) bond motifs is 1.